The van der Waals surface area contributed by atoms with Crippen LogP contribution >= 0.6 is 0 Å². The Morgan fingerprint density at radius 2 is 0.823 bits per heavy atom. The van der Waals surface area contributed by atoms with Crippen LogP contribution in [0, 0.1) is 33.3 Å². The number of amides is 2. The van der Waals surface area contributed by atoms with Gasteiger partial charge in [0.2, 0.25) is 11.8 Å². The van der Waals surface area contributed by atoms with Crippen molar-refractivity contribution in [2.45, 2.75) is 93.5 Å². The fourth-order valence-corrected chi connectivity index (χ4v) is 7.38. The molecule has 0 bridgehead atoms. The lowest BCUT2D eigenvalue weighted by Crippen LogP contribution is -2.46. The van der Waals surface area contributed by atoms with Crippen molar-refractivity contribution in [3.63, 3.8) is 0 Å². The zero-order chi connectivity index (χ0) is 45.4. The van der Waals surface area contributed by atoms with E-state index in [1.165, 1.54) is 36.4 Å². The van der Waals surface area contributed by atoms with Crippen molar-refractivity contribution in [2.24, 2.45) is 21.7 Å². The molecule has 0 spiro atoms. The summed E-state index contributed by atoms with van der Waals surface area (Å²) in [6, 6.07) is 26.7. The SMILES string of the molecule is CC(C)(C(=O)N[C@H](c1nc(-c2ccc(-c3ccc(-c4c[nH]c([C@@H](NC(=O)C(C)(C)C(O)c5ccccc5F)C(C)(C)C)n4)cc3)cc2)c[nH]1)C(C)(C)C)C(O)c1ccccc1F. The molecule has 326 valence electrons. The maximum atomic E-state index is 14.6. The molecule has 0 aliphatic heterocycles. The maximum absolute atomic E-state index is 14.6. The second-order valence-corrected chi connectivity index (χ2v) is 19.3. The van der Waals surface area contributed by atoms with Crippen molar-refractivity contribution < 1.29 is 28.6 Å². The third-order valence-corrected chi connectivity index (χ3v) is 11.7. The third kappa shape index (κ3) is 9.56. The normalized spacial score (nSPS) is 14.5. The van der Waals surface area contributed by atoms with Crippen molar-refractivity contribution in [2.75, 3.05) is 0 Å². The van der Waals surface area contributed by atoms with E-state index in [2.05, 4.69) is 20.6 Å². The van der Waals surface area contributed by atoms with Crippen molar-refractivity contribution >= 4 is 11.8 Å². The van der Waals surface area contributed by atoms with Crippen LogP contribution in [0.5, 0.6) is 0 Å². The molecule has 2 amide bonds. The summed E-state index contributed by atoms with van der Waals surface area (Å²) < 4.78 is 29.1. The summed E-state index contributed by atoms with van der Waals surface area (Å²) in [7, 11) is 0. The van der Waals surface area contributed by atoms with E-state index in [1.54, 1.807) is 52.2 Å². The summed E-state index contributed by atoms with van der Waals surface area (Å²) in [6.45, 7) is 18.3. The minimum Gasteiger partial charge on any atom is -0.387 e. The van der Waals surface area contributed by atoms with Crippen LogP contribution in [0.2, 0.25) is 0 Å². The van der Waals surface area contributed by atoms with E-state index in [-0.39, 0.29) is 11.1 Å². The van der Waals surface area contributed by atoms with Crippen LogP contribution in [0.4, 0.5) is 8.78 Å². The molecule has 0 radical (unpaired) electrons. The molecule has 0 saturated heterocycles. The Kier molecular flexibility index (Phi) is 12.8. The number of imidazole rings is 2. The fraction of sp³-hybridized carbons (Fsp3) is 0.360. The number of halogens is 2. The Hall–Kier alpha value is -5.98. The quantitative estimate of drug-likeness (QED) is 0.0680. The molecule has 2 heterocycles. The van der Waals surface area contributed by atoms with Gasteiger partial charge in [-0.25, -0.2) is 18.7 Å². The summed E-state index contributed by atoms with van der Waals surface area (Å²) >= 11 is 0. The van der Waals surface area contributed by atoms with Crippen LogP contribution in [0.3, 0.4) is 0 Å². The predicted octanol–water partition coefficient (Wildman–Crippen LogP) is 10.3. The van der Waals surface area contributed by atoms with Gasteiger partial charge in [-0.15, -0.1) is 0 Å². The van der Waals surface area contributed by atoms with Crippen molar-refractivity contribution in [3.05, 3.63) is 144 Å². The zero-order valence-electron chi connectivity index (χ0n) is 37.1. The highest BCUT2D eigenvalue weighted by Gasteiger charge is 2.43. The van der Waals surface area contributed by atoms with E-state index in [0.717, 1.165) is 22.3 Å². The van der Waals surface area contributed by atoms with Gasteiger partial charge in [-0.2, -0.15) is 0 Å². The summed E-state index contributed by atoms with van der Waals surface area (Å²) in [5, 5.41) is 28.3. The first-order chi connectivity index (χ1) is 29.0. The zero-order valence-corrected chi connectivity index (χ0v) is 37.1. The molecule has 4 aromatic carbocycles. The molecule has 6 N–H and O–H groups in total. The number of carbonyl (C=O) groups is 2. The Labute approximate surface area is 362 Å². The van der Waals surface area contributed by atoms with Crippen molar-refractivity contribution in [1.82, 2.24) is 30.6 Å². The Morgan fingerprint density at radius 1 is 0.516 bits per heavy atom. The van der Waals surface area contributed by atoms with Gasteiger partial charge in [-0.05, 0) is 61.8 Å². The molecule has 0 saturated carbocycles. The monoisotopic (exact) mass is 844 g/mol. The molecule has 0 fully saturated rings. The lowest BCUT2D eigenvalue weighted by Gasteiger charge is -2.35. The van der Waals surface area contributed by atoms with Gasteiger partial charge in [0.25, 0.3) is 0 Å². The van der Waals surface area contributed by atoms with Gasteiger partial charge in [-0.3, -0.25) is 9.59 Å². The fourth-order valence-electron chi connectivity index (χ4n) is 7.38. The Balaban J connectivity index is 1.14. The molecule has 62 heavy (non-hydrogen) atoms. The Morgan fingerprint density at radius 3 is 1.13 bits per heavy atom. The first kappa shape index (κ1) is 45.5. The number of nitrogens with zero attached hydrogens (tertiary/aromatic N) is 2. The minimum absolute atomic E-state index is 0.0590. The first-order valence-corrected chi connectivity index (χ1v) is 20.8. The van der Waals surface area contributed by atoms with Crippen LogP contribution < -0.4 is 10.6 Å². The number of aliphatic hydroxyl groups excluding tert-OH is 2. The lowest BCUT2D eigenvalue weighted by atomic mass is 9.79. The van der Waals surface area contributed by atoms with E-state index in [4.69, 9.17) is 9.97 Å². The van der Waals surface area contributed by atoms with Crippen molar-refractivity contribution in [3.8, 4) is 33.6 Å². The smallest absolute Gasteiger partial charge is 0.229 e. The number of carbonyl (C=O) groups excluding carboxylic acids is 2. The largest absolute Gasteiger partial charge is 0.387 e. The van der Waals surface area contributed by atoms with Gasteiger partial charge in [0.05, 0.1) is 46.5 Å². The summed E-state index contributed by atoms with van der Waals surface area (Å²) in [4.78, 5) is 43.6. The van der Waals surface area contributed by atoms with Gasteiger partial charge in [-0.1, -0.05) is 126 Å². The molecular formula is C50H58F2N6O4. The van der Waals surface area contributed by atoms with Crippen LogP contribution in [0.25, 0.3) is 33.6 Å². The van der Waals surface area contributed by atoms with E-state index in [0.29, 0.717) is 23.0 Å². The number of aromatic nitrogens is 4. The van der Waals surface area contributed by atoms with E-state index in [1.807, 2.05) is 90.1 Å². The molecule has 6 rings (SSSR count). The molecule has 2 aromatic heterocycles. The van der Waals surface area contributed by atoms with Crippen LogP contribution in [-0.4, -0.2) is 42.0 Å². The van der Waals surface area contributed by atoms with Gasteiger partial charge in [0, 0.05) is 34.6 Å². The topological polar surface area (TPSA) is 156 Å². The number of aromatic amines is 2. The number of rotatable bonds is 13. The van der Waals surface area contributed by atoms with E-state index in [9.17, 15) is 28.6 Å². The maximum Gasteiger partial charge on any atom is 0.229 e. The van der Waals surface area contributed by atoms with Crippen LogP contribution in [0.1, 0.15) is 116 Å². The highest BCUT2D eigenvalue weighted by molar-refractivity contribution is 5.84. The van der Waals surface area contributed by atoms with Crippen LogP contribution in [-0.2, 0) is 9.59 Å². The number of nitrogens with one attached hydrogen (secondary N) is 4. The third-order valence-electron chi connectivity index (χ3n) is 11.7. The van der Waals surface area contributed by atoms with Crippen LogP contribution in [0.15, 0.2) is 109 Å². The highest BCUT2D eigenvalue weighted by Crippen LogP contribution is 2.40. The molecule has 0 aliphatic carbocycles. The standard InChI is InChI=1S/C50H58F2N6O4/c1-47(2,3)39(57-45(61)49(7,8)41(59)33-15-11-13-17-35(33)51)43-53-27-37(55-43)31-23-19-29(20-24-31)30-21-25-32(26-22-30)38-28-54-44(56-38)40(48(4,5)6)58-46(62)50(9,10)42(60)34-16-12-14-18-36(34)52/h11-28,39-42,59-60H,1-10H3,(H,53,55)(H,54,56)(H,57,61)(H,58,62)/t39-,40-,41?,42?/m1/s1. The molecule has 2 unspecified atom stereocenters. The molecular weight excluding hydrogens is 787 g/mol. The van der Waals surface area contributed by atoms with E-state index < -0.39 is 69.4 Å². The average molecular weight is 845 g/mol. The summed E-state index contributed by atoms with van der Waals surface area (Å²) in [5.41, 5.74) is 1.61. The summed E-state index contributed by atoms with van der Waals surface area (Å²) in [6.07, 6.45) is 0.862. The first-order valence-electron chi connectivity index (χ1n) is 20.8. The average Bonchev–Trinajstić information content (AvgIpc) is 3.92. The molecule has 0 aliphatic rings. The molecule has 12 heteroatoms. The van der Waals surface area contributed by atoms with Gasteiger partial charge in [0.1, 0.15) is 23.3 Å². The highest BCUT2D eigenvalue weighted by atomic mass is 19.1. The lowest BCUT2D eigenvalue weighted by molar-refractivity contribution is -0.138. The number of benzene rings is 4. The second-order valence-electron chi connectivity index (χ2n) is 19.3. The molecule has 4 atom stereocenters. The van der Waals surface area contributed by atoms with E-state index >= 15 is 0 Å². The van der Waals surface area contributed by atoms with Gasteiger partial charge >= 0.3 is 0 Å². The molecule has 6 aromatic rings. The number of hydrogen-bond donors (Lipinski definition) is 6. The summed E-state index contributed by atoms with van der Waals surface area (Å²) in [5.74, 6) is -0.919. The predicted molar refractivity (Wildman–Crippen MR) is 238 cm³/mol. The Bertz CT molecular complexity index is 2340. The number of H-pyrrole nitrogens is 2. The van der Waals surface area contributed by atoms with Crippen molar-refractivity contribution in [1.29, 1.82) is 0 Å². The van der Waals surface area contributed by atoms with Gasteiger partial charge in [0.15, 0.2) is 0 Å². The van der Waals surface area contributed by atoms with Gasteiger partial charge < -0.3 is 30.8 Å². The number of hydrogen-bond acceptors (Lipinski definition) is 6. The number of aliphatic hydroxyl groups is 2. The molecule has 10 nitrogen and oxygen atoms in total. The second kappa shape index (κ2) is 17.4. The minimum atomic E-state index is -1.37.